The molecule has 0 radical (unpaired) electrons. The molecule has 3 aromatic carbocycles. The standard InChI is InChI=1S/C23H13Cl3FN3O4S/c1-35(31,32)16-3-4-17(19(26)10-16)23-30-29-20(34-23)8-13-2-5-18(25)22(21(13)27)33-15-7-12(11-28)6-14(24)9-15/h2-7,9-10H,8H2,1H3. The molecule has 0 spiro atoms. The maximum atomic E-state index is 15.3. The summed E-state index contributed by atoms with van der Waals surface area (Å²) < 4.78 is 49.9. The van der Waals surface area contributed by atoms with Gasteiger partial charge in [0.25, 0.3) is 0 Å². The van der Waals surface area contributed by atoms with E-state index in [9.17, 15) is 8.42 Å². The molecule has 4 rings (SSSR count). The molecule has 35 heavy (non-hydrogen) atoms. The third-order valence-electron chi connectivity index (χ3n) is 4.76. The summed E-state index contributed by atoms with van der Waals surface area (Å²) in [5.41, 5.74) is 0.718. The third kappa shape index (κ3) is 5.57. The van der Waals surface area contributed by atoms with Crippen molar-refractivity contribution in [2.24, 2.45) is 0 Å². The fourth-order valence-corrected chi connectivity index (χ4v) is 4.49. The number of benzene rings is 3. The van der Waals surface area contributed by atoms with Gasteiger partial charge in [-0.25, -0.2) is 12.8 Å². The fourth-order valence-electron chi connectivity index (χ4n) is 3.10. The van der Waals surface area contributed by atoms with Gasteiger partial charge in [-0.2, -0.15) is 5.26 Å². The Morgan fingerprint density at radius 2 is 1.83 bits per heavy atom. The van der Waals surface area contributed by atoms with Crippen molar-refractivity contribution < 1.29 is 22.0 Å². The van der Waals surface area contributed by atoms with Crippen LogP contribution < -0.4 is 4.74 Å². The molecule has 0 N–H and O–H groups in total. The topological polar surface area (TPSA) is 106 Å². The molecule has 0 atom stereocenters. The van der Waals surface area contributed by atoms with Crippen LogP contribution in [0.4, 0.5) is 4.39 Å². The Balaban J connectivity index is 1.61. The molecule has 4 aromatic rings. The van der Waals surface area contributed by atoms with Crippen molar-refractivity contribution in [1.29, 1.82) is 5.26 Å². The first-order valence-electron chi connectivity index (χ1n) is 9.73. The van der Waals surface area contributed by atoms with Crippen molar-refractivity contribution in [1.82, 2.24) is 10.2 Å². The average Bonchev–Trinajstić information content (AvgIpc) is 3.25. The molecule has 0 aliphatic rings. The van der Waals surface area contributed by atoms with E-state index in [0.717, 1.165) is 6.26 Å². The molecular weight excluding hydrogens is 540 g/mol. The normalized spacial score (nSPS) is 11.3. The zero-order valence-electron chi connectivity index (χ0n) is 17.7. The second kappa shape index (κ2) is 9.84. The quantitative estimate of drug-likeness (QED) is 0.269. The smallest absolute Gasteiger partial charge is 0.249 e. The number of halogens is 4. The minimum atomic E-state index is -3.44. The van der Waals surface area contributed by atoms with Gasteiger partial charge < -0.3 is 9.15 Å². The van der Waals surface area contributed by atoms with Gasteiger partial charge in [0.2, 0.25) is 11.8 Å². The van der Waals surface area contributed by atoms with Gasteiger partial charge in [0.1, 0.15) is 5.75 Å². The summed E-state index contributed by atoms with van der Waals surface area (Å²) in [6.45, 7) is 0. The highest BCUT2D eigenvalue weighted by Gasteiger charge is 2.20. The monoisotopic (exact) mass is 551 g/mol. The van der Waals surface area contributed by atoms with E-state index in [0.29, 0.717) is 5.56 Å². The van der Waals surface area contributed by atoms with Gasteiger partial charge in [-0.3, -0.25) is 0 Å². The van der Waals surface area contributed by atoms with Crippen LogP contribution >= 0.6 is 34.8 Å². The highest BCUT2D eigenvalue weighted by Crippen LogP contribution is 2.36. The molecule has 0 fully saturated rings. The van der Waals surface area contributed by atoms with Gasteiger partial charge in [0, 0.05) is 16.8 Å². The summed E-state index contributed by atoms with van der Waals surface area (Å²) in [5, 5.41) is 17.3. The van der Waals surface area contributed by atoms with E-state index in [4.69, 9.17) is 49.2 Å². The minimum Gasteiger partial charge on any atom is -0.453 e. The predicted molar refractivity (Wildman–Crippen MR) is 128 cm³/mol. The first-order chi connectivity index (χ1) is 16.5. The van der Waals surface area contributed by atoms with Crippen molar-refractivity contribution >= 4 is 44.6 Å². The lowest BCUT2D eigenvalue weighted by Crippen LogP contribution is -1.98. The Kier molecular flexibility index (Phi) is 7.01. The van der Waals surface area contributed by atoms with Crippen LogP contribution in [0, 0.1) is 17.1 Å². The zero-order valence-corrected chi connectivity index (χ0v) is 20.8. The molecule has 0 bridgehead atoms. The Morgan fingerprint density at radius 3 is 2.51 bits per heavy atom. The molecule has 12 heteroatoms. The lowest BCUT2D eigenvalue weighted by atomic mass is 10.1. The van der Waals surface area contributed by atoms with Crippen LogP contribution in [0.25, 0.3) is 11.5 Å². The summed E-state index contributed by atoms with van der Waals surface area (Å²) in [5.74, 6) is -0.760. The summed E-state index contributed by atoms with van der Waals surface area (Å²) >= 11 is 18.3. The van der Waals surface area contributed by atoms with E-state index < -0.39 is 15.7 Å². The second-order valence-corrected chi connectivity index (χ2v) is 10.6. The minimum absolute atomic E-state index is 0.00805. The summed E-state index contributed by atoms with van der Waals surface area (Å²) in [4.78, 5) is 0.0448. The molecule has 7 nitrogen and oxygen atoms in total. The molecule has 0 amide bonds. The van der Waals surface area contributed by atoms with Crippen LogP contribution in [0.3, 0.4) is 0 Å². The van der Waals surface area contributed by atoms with Crippen molar-refractivity contribution in [3.63, 3.8) is 0 Å². The highest BCUT2D eigenvalue weighted by molar-refractivity contribution is 7.90. The largest absolute Gasteiger partial charge is 0.453 e. The van der Waals surface area contributed by atoms with Crippen LogP contribution in [-0.2, 0) is 16.3 Å². The van der Waals surface area contributed by atoms with Crippen molar-refractivity contribution in [2.75, 3.05) is 6.26 Å². The number of sulfone groups is 1. The maximum Gasteiger partial charge on any atom is 0.249 e. The Labute approximate surface area is 214 Å². The lowest BCUT2D eigenvalue weighted by Gasteiger charge is -2.12. The van der Waals surface area contributed by atoms with Crippen molar-refractivity contribution in [3.8, 4) is 29.0 Å². The van der Waals surface area contributed by atoms with E-state index in [1.54, 1.807) is 0 Å². The number of rotatable bonds is 6. The van der Waals surface area contributed by atoms with Crippen LogP contribution in [0.1, 0.15) is 17.0 Å². The van der Waals surface area contributed by atoms with Gasteiger partial charge in [-0.15, -0.1) is 10.2 Å². The van der Waals surface area contributed by atoms with Gasteiger partial charge in [0.05, 0.1) is 38.6 Å². The van der Waals surface area contributed by atoms with E-state index in [-0.39, 0.29) is 60.8 Å². The van der Waals surface area contributed by atoms with Gasteiger partial charge in [0.15, 0.2) is 21.4 Å². The number of hydrogen-bond acceptors (Lipinski definition) is 7. The van der Waals surface area contributed by atoms with E-state index in [1.807, 2.05) is 6.07 Å². The molecular formula is C23H13Cl3FN3O4S. The van der Waals surface area contributed by atoms with Crippen LogP contribution in [0.15, 0.2) is 57.8 Å². The number of hydrogen-bond donors (Lipinski definition) is 0. The molecule has 1 heterocycles. The predicted octanol–water partition coefficient (Wildman–Crippen LogP) is 6.49. The SMILES string of the molecule is CS(=O)(=O)c1ccc(-c2nnc(Cc3ccc(Cl)c(Oc4cc(Cl)cc(C#N)c4)c3F)o2)c(Cl)c1. The second-order valence-electron chi connectivity index (χ2n) is 7.33. The molecule has 1 aromatic heterocycles. The molecule has 0 saturated heterocycles. The Bertz CT molecular complexity index is 1600. The Hall–Kier alpha value is -3.16. The molecule has 0 unspecified atom stereocenters. The van der Waals surface area contributed by atoms with Gasteiger partial charge in [-0.05, 0) is 42.5 Å². The first-order valence-corrected chi connectivity index (χ1v) is 12.8. The molecule has 0 aliphatic carbocycles. The van der Waals surface area contributed by atoms with Gasteiger partial charge in [-0.1, -0.05) is 40.9 Å². The number of nitrogens with zero attached hydrogens (tertiary/aromatic N) is 3. The molecule has 178 valence electrons. The molecule has 0 saturated carbocycles. The average molecular weight is 553 g/mol. The lowest BCUT2D eigenvalue weighted by molar-refractivity contribution is 0.437. The maximum absolute atomic E-state index is 15.3. The fraction of sp³-hybridized carbons (Fsp3) is 0.0870. The van der Waals surface area contributed by atoms with Gasteiger partial charge >= 0.3 is 0 Å². The first kappa shape index (κ1) is 24.9. The van der Waals surface area contributed by atoms with E-state index in [1.165, 1.54) is 48.5 Å². The summed E-state index contributed by atoms with van der Waals surface area (Å²) in [6.07, 6.45) is 0.973. The number of aromatic nitrogens is 2. The number of nitriles is 1. The van der Waals surface area contributed by atoms with Crippen LogP contribution in [0.5, 0.6) is 11.5 Å². The zero-order chi connectivity index (χ0) is 25.3. The van der Waals surface area contributed by atoms with Crippen molar-refractivity contribution in [2.45, 2.75) is 11.3 Å². The van der Waals surface area contributed by atoms with Crippen LogP contribution in [-0.4, -0.2) is 24.9 Å². The third-order valence-corrected chi connectivity index (χ3v) is 6.70. The Morgan fingerprint density at radius 1 is 1.06 bits per heavy atom. The highest BCUT2D eigenvalue weighted by atomic mass is 35.5. The van der Waals surface area contributed by atoms with Crippen LogP contribution in [0.2, 0.25) is 15.1 Å². The van der Waals surface area contributed by atoms with Crippen molar-refractivity contribution in [3.05, 3.63) is 86.4 Å². The summed E-state index contributed by atoms with van der Waals surface area (Å²) in [6, 6.07) is 13.2. The summed E-state index contributed by atoms with van der Waals surface area (Å²) in [7, 11) is -3.44. The number of ether oxygens (including phenoxy) is 1. The molecule has 0 aliphatic heterocycles. The van der Waals surface area contributed by atoms with E-state index in [2.05, 4.69) is 10.2 Å². The van der Waals surface area contributed by atoms with E-state index >= 15 is 4.39 Å².